The second kappa shape index (κ2) is 6.69. The van der Waals surface area contributed by atoms with Crippen molar-refractivity contribution >= 4 is 28.2 Å². The summed E-state index contributed by atoms with van der Waals surface area (Å²) in [6.07, 6.45) is 3.34. The van der Waals surface area contributed by atoms with Gasteiger partial charge in [-0.3, -0.25) is 4.79 Å². The van der Waals surface area contributed by atoms with Gasteiger partial charge in [-0.15, -0.1) is 11.3 Å². The summed E-state index contributed by atoms with van der Waals surface area (Å²) in [6.45, 7) is 1.54. The number of ether oxygens (including phenoxy) is 1. The third-order valence-corrected chi connectivity index (χ3v) is 7.05. The number of thiophene rings is 1. The number of carboxylic acids is 1. The van der Waals surface area contributed by atoms with Crippen LogP contribution in [-0.4, -0.2) is 29.7 Å². The third kappa shape index (κ3) is 2.87. The largest absolute Gasteiger partial charge is 0.494 e. The lowest BCUT2D eigenvalue weighted by Crippen LogP contribution is -2.31. The molecule has 7 nitrogen and oxygen atoms in total. The van der Waals surface area contributed by atoms with Crippen molar-refractivity contribution in [1.29, 1.82) is 0 Å². The van der Waals surface area contributed by atoms with Crippen LogP contribution in [0.3, 0.4) is 0 Å². The van der Waals surface area contributed by atoms with E-state index in [1.807, 2.05) is 6.07 Å². The fourth-order valence-corrected chi connectivity index (χ4v) is 5.41. The zero-order valence-corrected chi connectivity index (χ0v) is 16.7. The van der Waals surface area contributed by atoms with E-state index in [2.05, 4.69) is 16.4 Å². The first kappa shape index (κ1) is 18.4. The van der Waals surface area contributed by atoms with Crippen molar-refractivity contribution < 1.29 is 14.6 Å². The smallest absolute Gasteiger partial charge is 0.341 e. The highest BCUT2D eigenvalue weighted by Gasteiger charge is 2.32. The van der Waals surface area contributed by atoms with Gasteiger partial charge in [-0.25, -0.2) is 4.79 Å². The maximum atomic E-state index is 12.8. The van der Waals surface area contributed by atoms with Gasteiger partial charge in [0.05, 0.1) is 24.1 Å². The molecule has 3 heterocycles. The number of pyridine rings is 1. The summed E-state index contributed by atoms with van der Waals surface area (Å²) in [5.41, 5.74) is 9.27. The molecule has 0 radical (unpaired) electrons. The lowest BCUT2D eigenvalue weighted by atomic mass is 9.96. The number of benzene rings is 1. The number of hydrogen-bond acceptors (Lipinski definition) is 6. The molecule has 150 valence electrons. The number of carboxylic acid groups (broad SMARTS) is 1. The number of aromatic amines is 1. The number of methoxy groups -OCH3 is 1. The molecule has 29 heavy (non-hydrogen) atoms. The maximum Gasteiger partial charge on any atom is 0.341 e. The number of nitrogens with one attached hydrogen (secondary N) is 2. The second-order valence-electron chi connectivity index (χ2n) is 7.65. The summed E-state index contributed by atoms with van der Waals surface area (Å²) in [5.74, 6) is -0.308. The van der Waals surface area contributed by atoms with Crippen LogP contribution in [0, 0.1) is 0 Å². The Morgan fingerprint density at radius 1 is 1.34 bits per heavy atom. The molecule has 2 aromatic heterocycles. The van der Waals surface area contributed by atoms with Crippen LogP contribution in [0.25, 0.3) is 21.3 Å². The van der Waals surface area contributed by atoms with Crippen LogP contribution in [0.2, 0.25) is 0 Å². The molecule has 1 fully saturated rings. The number of fused-ring (bicyclic) bond motifs is 2. The van der Waals surface area contributed by atoms with Crippen LogP contribution in [0.15, 0.2) is 23.1 Å². The molecule has 0 amide bonds. The van der Waals surface area contributed by atoms with Crippen molar-refractivity contribution in [2.45, 2.75) is 31.3 Å². The van der Waals surface area contributed by atoms with Crippen LogP contribution >= 0.6 is 11.3 Å². The number of hydrogen-bond donors (Lipinski definition) is 4. The van der Waals surface area contributed by atoms with Gasteiger partial charge in [0.15, 0.2) is 5.75 Å². The summed E-state index contributed by atoms with van der Waals surface area (Å²) < 4.78 is 5.79. The minimum absolute atomic E-state index is 0.0359. The van der Waals surface area contributed by atoms with E-state index in [4.69, 9.17) is 10.5 Å². The molecule has 2 aliphatic rings. The van der Waals surface area contributed by atoms with Crippen LogP contribution in [0.5, 0.6) is 5.75 Å². The Morgan fingerprint density at radius 2 is 2.14 bits per heavy atom. The van der Waals surface area contributed by atoms with Gasteiger partial charge < -0.3 is 25.9 Å². The second-order valence-corrected chi connectivity index (χ2v) is 8.73. The lowest BCUT2D eigenvalue weighted by molar-refractivity contribution is 0.0695. The molecule has 1 aliphatic heterocycles. The fourth-order valence-electron chi connectivity index (χ4n) is 4.16. The Hall–Kier alpha value is -2.68. The lowest BCUT2D eigenvalue weighted by Gasteiger charge is -2.18. The van der Waals surface area contributed by atoms with Gasteiger partial charge in [0, 0.05) is 34.6 Å². The highest BCUT2D eigenvalue weighted by molar-refractivity contribution is 7.15. The number of H-pyrrole nitrogens is 1. The fraction of sp³-hybridized carbons (Fsp3) is 0.333. The standard InChI is InChI=1S/C21H21N3O4S/c1-28-19-16(15-4-10-6-23-8-14(22)20(10)29-15)11(9-2-3-9)5-12-17(19)24-7-13(18(12)25)21(26)27/h4-5,7,9,14,23H,2-3,6,8,22H2,1H3,(H,24,25)(H,26,27). The van der Waals surface area contributed by atoms with E-state index < -0.39 is 11.4 Å². The number of aromatic nitrogens is 1. The molecule has 3 aromatic rings. The summed E-state index contributed by atoms with van der Waals surface area (Å²) in [7, 11) is 1.58. The first-order valence-corrected chi connectivity index (χ1v) is 10.4. The van der Waals surface area contributed by atoms with Gasteiger partial charge in [0.2, 0.25) is 5.43 Å². The van der Waals surface area contributed by atoms with Gasteiger partial charge in [0.25, 0.3) is 0 Å². The van der Waals surface area contributed by atoms with E-state index in [1.54, 1.807) is 18.4 Å². The molecule has 1 aromatic carbocycles. The summed E-state index contributed by atoms with van der Waals surface area (Å²) in [5, 5.41) is 13.0. The van der Waals surface area contributed by atoms with Crippen molar-refractivity contribution in [3.63, 3.8) is 0 Å². The molecular formula is C21H21N3O4S. The summed E-state index contributed by atoms with van der Waals surface area (Å²) in [4.78, 5) is 29.5. The Kier molecular flexibility index (Phi) is 4.23. The van der Waals surface area contributed by atoms with Gasteiger partial charge in [-0.05, 0) is 42.0 Å². The molecule has 1 saturated carbocycles. The number of rotatable bonds is 4. The molecule has 0 saturated heterocycles. The van der Waals surface area contributed by atoms with Crippen LogP contribution in [-0.2, 0) is 6.54 Å². The van der Waals surface area contributed by atoms with E-state index in [1.165, 1.54) is 16.6 Å². The van der Waals surface area contributed by atoms with Crippen LogP contribution in [0.1, 0.15) is 51.2 Å². The monoisotopic (exact) mass is 411 g/mol. The van der Waals surface area contributed by atoms with Crippen LogP contribution in [0.4, 0.5) is 0 Å². The van der Waals surface area contributed by atoms with Gasteiger partial charge >= 0.3 is 5.97 Å². The predicted octanol–water partition coefficient (Wildman–Crippen LogP) is 2.94. The average Bonchev–Trinajstić information content (AvgIpc) is 3.45. The van der Waals surface area contributed by atoms with Crippen molar-refractivity contribution in [1.82, 2.24) is 10.3 Å². The highest BCUT2D eigenvalue weighted by atomic mass is 32.1. The van der Waals surface area contributed by atoms with Crippen molar-refractivity contribution in [3.05, 3.63) is 50.1 Å². The number of nitrogens with two attached hydrogens (primary N) is 1. The molecule has 1 unspecified atom stereocenters. The zero-order chi connectivity index (χ0) is 20.3. The Morgan fingerprint density at radius 3 is 2.79 bits per heavy atom. The van der Waals surface area contributed by atoms with Gasteiger partial charge in [0.1, 0.15) is 5.56 Å². The van der Waals surface area contributed by atoms with Crippen molar-refractivity contribution in [2.75, 3.05) is 13.7 Å². The molecule has 1 aliphatic carbocycles. The SMILES string of the molecule is COc1c(-c2cc3c(s2)C(N)CNC3)c(C2CC2)cc2c(=O)c(C(=O)O)c[nH]c12. The summed E-state index contributed by atoms with van der Waals surface area (Å²) in [6, 6.07) is 3.98. The number of aromatic carboxylic acids is 1. The van der Waals surface area contributed by atoms with E-state index in [9.17, 15) is 14.7 Å². The van der Waals surface area contributed by atoms with E-state index in [0.29, 0.717) is 22.6 Å². The minimum Gasteiger partial charge on any atom is -0.494 e. The van der Waals surface area contributed by atoms with Crippen molar-refractivity contribution in [3.8, 4) is 16.2 Å². The van der Waals surface area contributed by atoms with E-state index >= 15 is 0 Å². The average molecular weight is 411 g/mol. The predicted molar refractivity (Wildman–Crippen MR) is 112 cm³/mol. The Labute approximate surface area is 170 Å². The van der Waals surface area contributed by atoms with E-state index in [-0.39, 0.29) is 11.6 Å². The van der Waals surface area contributed by atoms with Gasteiger partial charge in [-0.2, -0.15) is 0 Å². The molecule has 5 rings (SSSR count). The van der Waals surface area contributed by atoms with E-state index in [0.717, 1.165) is 41.9 Å². The molecule has 0 spiro atoms. The van der Waals surface area contributed by atoms with Crippen molar-refractivity contribution in [2.24, 2.45) is 5.73 Å². The van der Waals surface area contributed by atoms with Gasteiger partial charge in [-0.1, -0.05) is 0 Å². The molecular weight excluding hydrogens is 390 g/mol. The quantitative estimate of drug-likeness (QED) is 0.524. The zero-order valence-electron chi connectivity index (χ0n) is 15.9. The third-order valence-electron chi connectivity index (χ3n) is 5.72. The first-order valence-electron chi connectivity index (χ1n) is 9.58. The summed E-state index contributed by atoms with van der Waals surface area (Å²) >= 11 is 1.68. The Balaban J connectivity index is 1.81. The first-order chi connectivity index (χ1) is 14.0. The highest BCUT2D eigenvalue weighted by Crippen LogP contribution is 2.51. The molecule has 8 heteroatoms. The minimum atomic E-state index is -1.24. The molecule has 1 atom stereocenters. The van der Waals surface area contributed by atoms with Crippen LogP contribution < -0.4 is 21.2 Å². The molecule has 0 bridgehead atoms. The Bertz CT molecular complexity index is 1210. The topological polar surface area (TPSA) is 117 Å². The normalized spacial score (nSPS) is 18.6. The number of carbonyl (C=O) groups is 1. The molecule has 5 N–H and O–H groups in total. The maximum absolute atomic E-state index is 12.8.